The average Bonchev–Trinajstić information content (AvgIpc) is 1.12. The second-order valence-electron chi connectivity index (χ2n) is 33.5. The standard InChI is InChI=1S/C60H79N7O19Si8/c1-5-6-7-87-75-88(47-15-40-8-33(47)22-54(40,68)29-61)78-91(49-17-42-10-35(49)24-56(42,70)31-63)79-89(76-87,48-16-41-9-34(48)23-55(41,69)30-62)81-94(53-21-46-14-39(53)28-60(46,74)67-4)83-90(77-87,51-19-44-12-37(51)26-58(44,72)65-2)82-93(80-88,52-20-45-13-38(52)27-59(45,73)66-3)85-92(84-91,86-94)50-18-43-11-36(50)25-57(43,71)32-64/h33-53,68-74H,5-28H2,1H3. The molecule has 20 rings (SSSR count). The van der Waals surface area contributed by atoms with Gasteiger partial charge in [0.05, 0.1) is 61.3 Å². The van der Waals surface area contributed by atoms with Gasteiger partial charge in [-0.3, -0.25) is 14.5 Å². The molecule has 32 atom stereocenters. The van der Waals surface area contributed by atoms with Gasteiger partial charge >= 0.3 is 87.6 Å². The number of nitriles is 4. The zero-order chi connectivity index (χ0) is 65.0. The SMILES string of the molecule is [C-]#[N+]C1(O)CC2CC1CC2[Si]12O[Si]3(CCCC)O[Si]4(C5CC6CC5CC6(O)C#N)O[Si]5(C6CC7CC6CC7(O)C#N)O[Si](C6CC7CC6CC7(O)C#N)(O3)O[Si](C3CC6CC3CC6(O)[N+]#[C-])(O1)O[Si](C1CC3CC1CC3(O)C#N)(O5)O[Si](C1CC3CC1CC3(O)[N+]#[C-])(O4)O2. The van der Waals surface area contributed by atoms with Crippen molar-refractivity contribution in [3.8, 4) is 24.3 Å². The van der Waals surface area contributed by atoms with Gasteiger partial charge in [-0.2, -0.15) is 21.0 Å². The predicted octanol–water partition coefficient (Wildman–Crippen LogP) is 6.01. The highest BCUT2D eigenvalue weighted by atomic mass is 28.6. The summed E-state index contributed by atoms with van der Waals surface area (Å²) in [5, 5.41) is 129. The van der Waals surface area contributed by atoms with Crippen LogP contribution < -0.4 is 0 Å². The fourth-order valence-electron chi connectivity index (χ4n) is 25.1. The Morgan fingerprint density at radius 2 is 0.532 bits per heavy atom. The molecule has 22 bridgehead atoms. The molecule has 94 heavy (non-hydrogen) atoms. The first-order valence-corrected chi connectivity index (χ1v) is 49.4. The Hall–Kier alpha value is -2.59. The Morgan fingerprint density at radius 3 is 0.702 bits per heavy atom. The molecule has 34 heteroatoms. The number of hydrogen-bond acceptors (Lipinski definition) is 23. The van der Waals surface area contributed by atoms with Crippen molar-refractivity contribution in [1.29, 1.82) is 21.0 Å². The van der Waals surface area contributed by atoms with Crippen molar-refractivity contribution in [3.63, 3.8) is 0 Å². The van der Waals surface area contributed by atoms with E-state index in [4.69, 9.17) is 69.1 Å². The molecule has 0 radical (unpaired) electrons. The van der Waals surface area contributed by atoms with Crippen LogP contribution in [0.15, 0.2) is 0 Å². The highest BCUT2D eigenvalue weighted by Crippen LogP contribution is 2.76. The van der Waals surface area contributed by atoms with Gasteiger partial charge in [-0.05, 0) is 163 Å². The van der Waals surface area contributed by atoms with E-state index in [0.717, 1.165) is 0 Å². The van der Waals surface area contributed by atoms with Crippen LogP contribution in [0.5, 0.6) is 0 Å². The van der Waals surface area contributed by atoms with Gasteiger partial charge in [-0.25, -0.2) is 19.7 Å². The fourth-order valence-corrected chi connectivity index (χ4v) is 82.2. The number of hydrogen-bond donors (Lipinski definition) is 7. The Kier molecular flexibility index (Phi) is 12.8. The van der Waals surface area contributed by atoms with Gasteiger partial charge in [0, 0.05) is 68.5 Å². The van der Waals surface area contributed by atoms with Crippen molar-refractivity contribution in [2.45, 2.75) is 239 Å². The molecule has 14 aliphatic carbocycles. The van der Waals surface area contributed by atoms with Crippen LogP contribution in [0.2, 0.25) is 44.8 Å². The van der Waals surface area contributed by atoms with Crippen molar-refractivity contribution >= 4 is 70.4 Å². The monoisotopic (exact) mass is 1430 g/mol. The molecule has 20 fully saturated rings. The molecule has 14 saturated carbocycles. The highest BCUT2D eigenvalue weighted by Gasteiger charge is 2.93. The summed E-state index contributed by atoms with van der Waals surface area (Å²) in [5.41, 5.74) is -17.3. The van der Waals surface area contributed by atoms with Gasteiger partial charge in [-0.1, -0.05) is 13.3 Å². The van der Waals surface area contributed by atoms with Crippen LogP contribution in [0.1, 0.15) is 155 Å². The largest absolute Gasteiger partial charge is 0.482 e. The van der Waals surface area contributed by atoms with E-state index < -0.39 is 232 Å². The summed E-state index contributed by atoms with van der Waals surface area (Å²) in [6.45, 7) is 27.4. The highest BCUT2D eigenvalue weighted by molar-refractivity contribution is 7.04. The van der Waals surface area contributed by atoms with Crippen LogP contribution in [0.4, 0.5) is 0 Å². The molecule has 0 aromatic carbocycles. The smallest absolute Gasteiger partial charge is 0.375 e. The summed E-state index contributed by atoms with van der Waals surface area (Å²) in [6.07, 6.45) is 5.20. The van der Waals surface area contributed by atoms with E-state index >= 15 is 0 Å². The number of aliphatic hydroxyl groups is 7. The summed E-state index contributed by atoms with van der Waals surface area (Å²) >= 11 is 0. The zero-order valence-electron chi connectivity index (χ0n) is 52.3. The van der Waals surface area contributed by atoms with Crippen molar-refractivity contribution in [2.75, 3.05) is 0 Å². The van der Waals surface area contributed by atoms with Crippen LogP contribution in [0.3, 0.4) is 0 Å². The first kappa shape index (κ1) is 62.4. The van der Waals surface area contributed by atoms with Crippen LogP contribution in [-0.4, -0.2) is 146 Å². The average molecular weight is 1430 g/mol. The van der Waals surface area contributed by atoms with Crippen LogP contribution in [0.25, 0.3) is 14.5 Å². The minimum atomic E-state index is -5.17. The Morgan fingerprint density at radius 1 is 0.330 bits per heavy atom. The first-order valence-electron chi connectivity index (χ1n) is 34.9. The molecule has 6 heterocycles. The molecule has 7 N–H and O–H groups in total. The minimum absolute atomic E-state index is 0.0140. The second-order valence-corrected chi connectivity index (χ2v) is 58.8. The number of unbranched alkanes of at least 4 members (excludes halogenated alkanes) is 1. The summed E-state index contributed by atoms with van der Waals surface area (Å²) in [7, 11) is -40.6. The molecular formula is C60H79N7O19Si8. The lowest BCUT2D eigenvalue weighted by Crippen LogP contribution is -2.91. The minimum Gasteiger partial charge on any atom is -0.375 e. The zero-order valence-corrected chi connectivity index (χ0v) is 60.3. The maximum absolute atomic E-state index is 12.3. The van der Waals surface area contributed by atoms with E-state index in [1.165, 1.54) is 0 Å². The van der Waals surface area contributed by atoms with Gasteiger partial charge in [0.25, 0.3) is 0 Å². The third-order valence-electron chi connectivity index (χ3n) is 29.3. The summed E-state index contributed by atoms with van der Waals surface area (Å²) in [4.78, 5) is 11.6. The Labute approximate surface area is 553 Å². The van der Waals surface area contributed by atoms with Gasteiger partial charge in [0.15, 0.2) is 22.4 Å². The van der Waals surface area contributed by atoms with E-state index in [0.29, 0.717) is 57.8 Å². The van der Waals surface area contributed by atoms with E-state index in [9.17, 15) is 56.8 Å². The van der Waals surface area contributed by atoms with E-state index in [1.54, 1.807) is 0 Å². The lowest BCUT2D eigenvalue weighted by Gasteiger charge is -2.68. The molecule has 26 nitrogen and oxygen atoms in total. The molecule has 0 aromatic heterocycles. The lowest BCUT2D eigenvalue weighted by molar-refractivity contribution is -0.0624. The topological polar surface area (TPSA) is 361 Å². The molecular weight excluding hydrogens is 1350 g/mol. The van der Waals surface area contributed by atoms with Gasteiger partial charge in [0.1, 0.15) is 0 Å². The molecule has 32 unspecified atom stereocenters. The van der Waals surface area contributed by atoms with Crippen LogP contribution in [-0.2, 0) is 49.4 Å². The third-order valence-corrected chi connectivity index (χ3v) is 69.2. The lowest BCUT2D eigenvalue weighted by atomic mass is 9.85. The summed E-state index contributed by atoms with van der Waals surface area (Å²) < 4.78 is 105. The number of rotatable bonds is 10. The number of nitrogens with zero attached hydrogens (tertiary/aromatic N) is 7. The fraction of sp³-hybridized carbons (Fsp3) is 0.883. The molecule has 0 amide bonds. The predicted molar refractivity (Wildman–Crippen MR) is 328 cm³/mol. The molecule has 20 aliphatic rings. The quantitative estimate of drug-likeness (QED) is 0.0748. The van der Waals surface area contributed by atoms with Gasteiger partial charge in [0.2, 0.25) is 0 Å². The third kappa shape index (κ3) is 7.85. The van der Waals surface area contributed by atoms with E-state index in [1.807, 2.05) is 6.92 Å². The Bertz CT molecular complexity index is 3340. The van der Waals surface area contributed by atoms with E-state index in [-0.39, 0.29) is 95.9 Å². The molecule has 500 valence electrons. The van der Waals surface area contributed by atoms with Crippen molar-refractivity contribution in [3.05, 3.63) is 34.3 Å². The molecule has 6 saturated heterocycles. The summed E-state index contributed by atoms with van der Waals surface area (Å²) in [5.74, 6) is -7.55. The normalized spacial score (nSPS) is 64.2. The van der Waals surface area contributed by atoms with Gasteiger partial charge in [-0.15, -0.1) is 0 Å². The van der Waals surface area contributed by atoms with E-state index in [2.05, 4.69) is 38.8 Å². The first-order chi connectivity index (χ1) is 44.6. The van der Waals surface area contributed by atoms with Crippen molar-refractivity contribution in [1.82, 2.24) is 0 Å². The molecule has 0 spiro atoms. The maximum Gasteiger partial charge on any atom is 0.482 e. The molecule has 0 aromatic rings. The molecule has 6 aliphatic heterocycles. The van der Waals surface area contributed by atoms with Crippen LogP contribution in [0, 0.1) is 148 Å². The second kappa shape index (κ2) is 19.3. The number of fused-ring (bicyclic) bond motifs is 14. The van der Waals surface area contributed by atoms with Crippen LogP contribution >= 0.6 is 0 Å². The van der Waals surface area contributed by atoms with Crippen molar-refractivity contribution in [2.24, 2.45) is 82.9 Å². The summed E-state index contributed by atoms with van der Waals surface area (Å²) in [6, 6.07) is 9.13. The maximum atomic E-state index is 12.3. The van der Waals surface area contributed by atoms with Gasteiger partial charge < -0.3 is 85.1 Å². The Balaban J connectivity index is 0.925. The van der Waals surface area contributed by atoms with Crippen molar-refractivity contribution < 1.29 is 85.1 Å².